The Balaban J connectivity index is 1.60. The first kappa shape index (κ1) is 41.5. The third-order valence-electron chi connectivity index (χ3n) is 9.69. The fourth-order valence-corrected chi connectivity index (χ4v) is 6.58. The van der Waals surface area contributed by atoms with Crippen LogP contribution in [0.25, 0.3) is 0 Å². The van der Waals surface area contributed by atoms with Crippen molar-refractivity contribution in [3.05, 3.63) is 95.3 Å². The van der Waals surface area contributed by atoms with Crippen LogP contribution in [0.4, 0.5) is 9.59 Å². The van der Waals surface area contributed by atoms with Gasteiger partial charge in [0.2, 0.25) is 5.91 Å². The van der Waals surface area contributed by atoms with Crippen LogP contribution in [0.3, 0.4) is 0 Å². The first-order valence-corrected chi connectivity index (χ1v) is 18.4. The number of phenolic OH excluding ortho intramolecular Hbond substituents is 1. The second-order valence-corrected chi connectivity index (χ2v) is 15.1. The molecule has 4 rings (SSSR count). The summed E-state index contributed by atoms with van der Waals surface area (Å²) in [6.07, 6.45) is -1.74. The van der Waals surface area contributed by atoms with Gasteiger partial charge in [0.15, 0.2) is 0 Å². The van der Waals surface area contributed by atoms with Crippen LogP contribution < -0.4 is 16.1 Å². The van der Waals surface area contributed by atoms with Crippen LogP contribution in [0, 0.1) is 18.3 Å². The van der Waals surface area contributed by atoms with E-state index in [-0.39, 0.29) is 37.2 Å². The molecule has 0 unspecified atom stereocenters. The number of aromatic nitrogens is 1. The molecule has 0 aliphatic carbocycles. The number of carbonyl (C=O) groups excluding carboxylic acids is 3. The number of aliphatic hydroxyl groups excluding tert-OH is 1. The normalized spacial score (nSPS) is 16.0. The minimum absolute atomic E-state index is 0.0563. The molecule has 1 aliphatic rings. The number of urea groups is 1. The van der Waals surface area contributed by atoms with Crippen LogP contribution in [0.1, 0.15) is 63.6 Å². The van der Waals surface area contributed by atoms with Crippen molar-refractivity contribution in [2.24, 2.45) is 11.3 Å². The Hall–Kier alpha value is -5.21. The van der Waals surface area contributed by atoms with Crippen molar-refractivity contribution in [3.63, 3.8) is 0 Å². The smallest absolute Gasteiger partial charge is 0.405 e. The average Bonchev–Trinajstić information content (AvgIpc) is 3.46. The topological polar surface area (TPSA) is 188 Å². The van der Waals surface area contributed by atoms with E-state index in [1.165, 1.54) is 17.1 Å². The second kappa shape index (κ2) is 18.7. The molecule has 5 amide bonds. The zero-order valence-corrected chi connectivity index (χ0v) is 32.0. The number of carbonyl (C=O) groups is 4. The Morgan fingerprint density at radius 2 is 1.61 bits per heavy atom. The first-order valence-electron chi connectivity index (χ1n) is 18.4. The zero-order chi connectivity index (χ0) is 39.6. The first-order chi connectivity index (χ1) is 25.5. The van der Waals surface area contributed by atoms with Crippen LogP contribution in [0.2, 0.25) is 0 Å². The van der Waals surface area contributed by atoms with Gasteiger partial charge in [-0.25, -0.2) is 14.6 Å². The number of pyridine rings is 1. The van der Waals surface area contributed by atoms with Gasteiger partial charge in [0, 0.05) is 31.9 Å². The van der Waals surface area contributed by atoms with Gasteiger partial charge in [-0.15, -0.1) is 0 Å². The van der Waals surface area contributed by atoms with E-state index >= 15 is 0 Å². The third kappa shape index (κ3) is 11.6. The fourth-order valence-electron chi connectivity index (χ4n) is 6.58. The summed E-state index contributed by atoms with van der Waals surface area (Å²) in [6.45, 7) is 12.0. The lowest BCUT2D eigenvalue weighted by atomic mass is 9.86. The minimum Gasteiger partial charge on any atom is -0.508 e. The maximum Gasteiger partial charge on any atom is 0.405 e. The molecule has 14 nitrogen and oxygen atoms in total. The molecule has 2 heterocycles. The van der Waals surface area contributed by atoms with Gasteiger partial charge in [-0.05, 0) is 60.1 Å². The van der Waals surface area contributed by atoms with Crippen molar-refractivity contribution in [2.45, 2.75) is 91.7 Å². The van der Waals surface area contributed by atoms with Gasteiger partial charge >= 0.3 is 12.1 Å². The number of hydrogen-bond donors (Lipinski definition) is 6. The van der Waals surface area contributed by atoms with Crippen molar-refractivity contribution in [3.8, 4) is 5.75 Å². The van der Waals surface area contributed by atoms with E-state index in [1.807, 2.05) is 69.3 Å². The molecule has 54 heavy (non-hydrogen) atoms. The van der Waals surface area contributed by atoms with Crippen molar-refractivity contribution in [1.29, 1.82) is 0 Å². The van der Waals surface area contributed by atoms with E-state index in [1.54, 1.807) is 42.7 Å². The van der Waals surface area contributed by atoms with Gasteiger partial charge in [-0.2, -0.15) is 0 Å². The summed E-state index contributed by atoms with van der Waals surface area (Å²) >= 11 is 0. The molecule has 1 saturated heterocycles. The highest BCUT2D eigenvalue weighted by Gasteiger charge is 2.41. The van der Waals surface area contributed by atoms with Gasteiger partial charge in [0.05, 0.1) is 24.4 Å². The molecule has 1 fully saturated rings. The average molecular weight is 746 g/mol. The number of aliphatic hydroxyl groups is 1. The number of carboxylic acid groups (broad SMARTS) is 1. The van der Waals surface area contributed by atoms with E-state index in [0.717, 1.165) is 17.0 Å². The number of nitrogens with one attached hydrogen (secondary N) is 3. The monoisotopic (exact) mass is 745 g/mol. The lowest BCUT2D eigenvalue weighted by molar-refractivity contribution is -0.132. The van der Waals surface area contributed by atoms with Crippen molar-refractivity contribution in [2.75, 3.05) is 19.6 Å². The van der Waals surface area contributed by atoms with Crippen LogP contribution in [0.15, 0.2) is 72.8 Å². The highest BCUT2D eigenvalue weighted by atomic mass is 16.4. The number of rotatable bonds is 17. The van der Waals surface area contributed by atoms with Gasteiger partial charge < -0.3 is 35.8 Å². The summed E-state index contributed by atoms with van der Waals surface area (Å²) in [5.74, 6) is -1.18. The molecule has 3 aromatic rings. The van der Waals surface area contributed by atoms with Gasteiger partial charge in [-0.1, -0.05) is 89.6 Å². The largest absolute Gasteiger partial charge is 0.508 e. The number of aryl methyl sites for hydroxylation is 1. The Kier molecular flexibility index (Phi) is 14.4. The maximum absolute atomic E-state index is 14.4. The molecule has 1 aliphatic heterocycles. The standard InChI is InChI=1S/C40H55N7O7/c1-7-26(2)34(47-21-20-45(39(47)54)24-30-15-11-12-27(3)41-30)36(50)42-32(22-28-13-9-8-10-14-28)33(49)25-46(23-29-16-18-31(48)19-17-29)44-37(51)35(40(4,5)6)43-38(52)53/h8-19,26,32-35,43,48-49H,7,20-25H2,1-6H3,(H,42,50)(H,44,51)(H,52,53)/t26-,32-,33-,34-,35+/m0/s1. The second-order valence-electron chi connectivity index (χ2n) is 15.1. The Morgan fingerprint density at radius 1 is 0.926 bits per heavy atom. The molecule has 0 bridgehead atoms. The SMILES string of the molecule is CC[C@H](C)[C@@H](C(=O)N[C@@H](Cc1ccccc1)[C@@H](O)CN(Cc1ccc(O)cc1)NC(=O)[C@@H](NC(=O)O)C(C)(C)C)N1CCN(Cc2cccc(C)n2)C1=O. The predicted octanol–water partition coefficient (Wildman–Crippen LogP) is 4.05. The molecule has 1 aromatic heterocycles. The minimum atomic E-state index is -1.36. The van der Waals surface area contributed by atoms with Crippen LogP contribution >= 0.6 is 0 Å². The molecule has 14 heteroatoms. The summed E-state index contributed by atoms with van der Waals surface area (Å²) < 4.78 is 0. The van der Waals surface area contributed by atoms with Gasteiger partial charge in [-0.3, -0.25) is 20.0 Å². The lowest BCUT2D eigenvalue weighted by Crippen LogP contribution is -2.60. The fraction of sp³-hybridized carbons (Fsp3) is 0.475. The van der Waals surface area contributed by atoms with Gasteiger partial charge in [0.25, 0.3) is 5.91 Å². The highest BCUT2D eigenvalue weighted by molar-refractivity contribution is 5.88. The molecular formula is C40H55N7O7. The zero-order valence-electron chi connectivity index (χ0n) is 32.0. The van der Waals surface area contributed by atoms with Crippen LogP contribution in [-0.2, 0) is 29.1 Å². The summed E-state index contributed by atoms with van der Waals surface area (Å²) in [5, 5.41) is 38.1. The Labute approximate surface area is 317 Å². The summed E-state index contributed by atoms with van der Waals surface area (Å²) in [6, 6.07) is 18.3. The highest BCUT2D eigenvalue weighted by Crippen LogP contribution is 2.24. The van der Waals surface area contributed by atoms with E-state index in [2.05, 4.69) is 21.0 Å². The van der Waals surface area contributed by atoms with Crippen molar-refractivity contribution < 1.29 is 34.5 Å². The number of hydrazine groups is 1. The van der Waals surface area contributed by atoms with E-state index < -0.39 is 47.6 Å². The van der Waals surface area contributed by atoms with Crippen molar-refractivity contribution in [1.82, 2.24) is 35.9 Å². The molecule has 5 atom stereocenters. The number of amides is 5. The molecule has 6 N–H and O–H groups in total. The Bertz CT molecular complexity index is 1720. The molecule has 292 valence electrons. The Morgan fingerprint density at radius 3 is 2.22 bits per heavy atom. The van der Waals surface area contributed by atoms with Crippen molar-refractivity contribution >= 4 is 23.9 Å². The number of benzene rings is 2. The van der Waals surface area contributed by atoms with Crippen LogP contribution in [-0.4, -0.2) is 103 Å². The number of nitrogens with zero attached hydrogens (tertiary/aromatic N) is 4. The van der Waals surface area contributed by atoms with Crippen LogP contribution in [0.5, 0.6) is 5.75 Å². The van der Waals surface area contributed by atoms with E-state index in [4.69, 9.17) is 0 Å². The lowest BCUT2D eigenvalue weighted by Gasteiger charge is -2.36. The van der Waals surface area contributed by atoms with E-state index in [9.17, 15) is 34.5 Å². The number of phenols is 1. The molecule has 0 radical (unpaired) electrons. The predicted molar refractivity (Wildman–Crippen MR) is 204 cm³/mol. The summed E-state index contributed by atoms with van der Waals surface area (Å²) in [7, 11) is 0. The molecule has 0 spiro atoms. The number of aromatic hydroxyl groups is 1. The number of hydrogen-bond acceptors (Lipinski definition) is 8. The third-order valence-corrected chi connectivity index (χ3v) is 9.69. The molecular weight excluding hydrogens is 690 g/mol. The quantitative estimate of drug-likeness (QED) is 0.111. The van der Waals surface area contributed by atoms with Gasteiger partial charge in [0.1, 0.15) is 17.8 Å². The maximum atomic E-state index is 14.4. The summed E-state index contributed by atoms with van der Waals surface area (Å²) in [5.41, 5.74) is 5.16. The summed E-state index contributed by atoms with van der Waals surface area (Å²) in [4.78, 5) is 61.2. The van der Waals surface area contributed by atoms with E-state index in [0.29, 0.717) is 31.6 Å². The molecule has 2 aromatic carbocycles. The molecule has 0 saturated carbocycles.